The van der Waals surface area contributed by atoms with Crippen molar-refractivity contribution in [2.24, 2.45) is 0 Å². The summed E-state index contributed by atoms with van der Waals surface area (Å²) in [6, 6.07) is 17.2. The maximum absolute atomic E-state index is 13.7. The summed E-state index contributed by atoms with van der Waals surface area (Å²) in [7, 11) is 1.53. The number of benzene rings is 3. The minimum absolute atomic E-state index is 0.0375. The van der Waals surface area contributed by atoms with E-state index in [1.807, 2.05) is 31.2 Å². The number of amides is 1. The van der Waals surface area contributed by atoms with E-state index < -0.39 is 23.5 Å². The number of hydrogen-bond acceptors (Lipinski definition) is 6. The molecule has 0 unspecified atom stereocenters. The van der Waals surface area contributed by atoms with Crippen molar-refractivity contribution in [3.05, 3.63) is 94.8 Å². The number of halogens is 1. The molecule has 2 heterocycles. The number of hydrogen-bond donors (Lipinski definition) is 1. The van der Waals surface area contributed by atoms with Crippen molar-refractivity contribution >= 4 is 44.1 Å². The molecule has 8 heteroatoms. The largest absolute Gasteiger partial charge is 0.507 e. The maximum Gasteiger partial charge on any atom is 0.301 e. The van der Waals surface area contributed by atoms with Crippen molar-refractivity contribution in [1.29, 1.82) is 0 Å². The van der Waals surface area contributed by atoms with E-state index in [1.54, 1.807) is 24.3 Å². The van der Waals surface area contributed by atoms with Crippen LogP contribution in [-0.4, -0.2) is 28.9 Å². The maximum atomic E-state index is 13.7. The number of aryl methyl sites for hydroxylation is 1. The zero-order valence-electron chi connectivity index (χ0n) is 18.3. The predicted molar refractivity (Wildman–Crippen MR) is 129 cm³/mol. The second kappa shape index (κ2) is 8.39. The van der Waals surface area contributed by atoms with Gasteiger partial charge in [0.15, 0.2) is 5.13 Å². The van der Waals surface area contributed by atoms with E-state index in [1.165, 1.54) is 30.2 Å². The summed E-state index contributed by atoms with van der Waals surface area (Å²) >= 11 is 1.11. The van der Waals surface area contributed by atoms with Crippen molar-refractivity contribution in [1.82, 2.24) is 4.98 Å². The summed E-state index contributed by atoms with van der Waals surface area (Å²) in [5.41, 5.74) is 2.50. The molecule has 6 nitrogen and oxygen atoms in total. The van der Waals surface area contributed by atoms with Crippen LogP contribution in [0.15, 0.2) is 72.3 Å². The number of methoxy groups -OCH3 is 1. The molecule has 1 N–H and O–H groups in total. The lowest BCUT2D eigenvalue weighted by Gasteiger charge is -2.23. The van der Waals surface area contributed by atoms with E-state index in [4.69, 9.17) is 4.74 Å². The van der Waals surface area contributed by atoms with Crippen LogP contribution in [0.4, 0.5) is 9.52 Å². The number of fused-ring (bicyclic) bond motifs is 1. The van der Waals surface area contributed by atoms with Crippen LogP contribution in [0.25, 0.3) is 16.0 Å². The zero-order valence-corrected chi connectivity index (χ0v) is 19.1. The van der Waals surface area contributed by atoms with Crippen molar-refractivity contribution in [3.8, 4) is 5.75 Å². The lowest BCUT2D eigenvalue weighted by atomic mass is 9.95. The highest BCUT2D eigenvalue weighted by Gasteiger charge is 2.48. The normalized spacial score (nSPS) is 17.5. The molecule has 0 spiro atoms. The summed E-state index contributed by atoms with van der Waals surface area (Å²) in [6.45, 7) is 1.93. The number of nitrogens with zero attached hydrogens (tertiary/aromatic N) is 2. The van der Waals surface area contributed by atoms with Gasteiger partial charge in [0, 0.05) is 5.56 Å². The second-order valence-electron chi connectivity index (χ2n) is 7.92. The first kappa shape index (κ1) is 21.8. The van der Waals surface area contributed by atoms with Gasteiger partial charge in [0.1, 0.15) is 17.3 Å². The molecule has 1 amide bonds. The Hall–Kier alpha value is -4.04. The van der Waals surface area contributed by atoms with Crippen LogP contribution >= 0.6 is 11.3 Å². The number of carbonyl (C=O) groups is 2. The average Bonchev–Trinajstić information content (AvgIpc) is 3.37. The summed E-state index contributed by atoms with van der Waals surface area (Å²) in [5, 5.41) is 11.4. The molecule has 170 valence electrons. The molecule has 0 saturated carbocycles. The number of ketones is 1. The summed E-state index contributed by atoms with van der Waals surface area (Å²) in [6.07, 6.45) is 0. The number of aliphatic hydroxyl groups is 1. The van der Waals surface area contributed by atoms with E-state index in [0.717, 1.165) is 16.9 Å². The Morgan fingerprint density at radius 1 is 1.06 bits per heavy atom. The lowest BCUT2D eigenvalue weighted by Crippen LogP contribution is -2.29. The molecule has 1 fully saturated rings. The Morgan fingerprint density at radius 2 is 1.76 bits per heavy atom. The van der Waals surface area contributed by atoms with Gasteiger partial charge >= 0.3 is 5.91 Å². The topological polar surface area (TPSA) is 79.7 Å². The fraction of sp³-hybridized carbons (Fsp3) is 0.115. The molecule has 1 aromatic heterocycles. The Kier molecular flexibility index (Phi) is 5.37. The number of thiazole rings is 1. The Morgan fingerprint density at radius 3 is 2.44 bits per heavy atom. The van der Waals surface area contributed by atoms with Crippen LogP contribution in [0.3, 0.4) is 0 Å². The summed E-state index contributed by atoms with van der Waals surface area (Å²) in [4.78, 5) is 32.3. The minimum atomic E-state index is -0.895. The lowest BCUT2D eigenvalue weighted by molar-refractivity contribution is -0.132. The first-order valence-electron chi connectivity index (χ1n) is 10.5. The van der Waals surface area contributed by atoms with Crippen molar-refractivity contribution in [2.75, 3.05) is 12.0 Å². The third kappa shape index (κ3) is 3.62. The zero-order chi connectivity index (χ0) is 24.0. The Bertz CT molecular complexity index is 1460. The molecule has 1 aliphatic rings. The molecular weight excluding hydrogens is 455 g/mol. The first-order chi connectivity index (χ1) is 16.4. The molecule has 3 aromatic carbocycles. The number of Topliss-reactive ketones (excluding diaryl/α,β-unsaturated/α-hetero) is 1. The van der Waals surface area contributed by atoms with Gasteiger partial charge in [-0.05, 0) is 55.0 Å². The van der Waals surface area contributed by atoms with Gasteiger partial charge in [-0.15, -0.1) is 0 Å². The van der Waals surface area contributed by atoms with Crippen LogP contribution in [0.1, 0.15) is 22.7 Å². The van der Waals surface area contributed by atoms with Crippen LogP contribution in [-0.2, 0) is 9.59 Å². The van der Waals surface area contributed by atoms with Crippen molar-refractivity contribution < 1.29 is 23.8 Å². The van der Waals surface area contributed by atoms with Gasteiger partial charge in [0.25, 0.3) is 5.78 Å². The Labute approximate surface area is 198 Å². The molecule has 1 aliphatic heterocycles. The number of aromatic nitrogens is 1. The van der Waals surface area contributed by atoms with E-state index in [9.17, 15) is 19.1 Å². The minimum Gasteiger partial charge on any atom is -0.507 e. The fourth-order valence-corrected chi connectivity index (χ4v) is 5.00. The van der Waals surface area contributed by atoms with E-state index in [0.29, 0.717) is 27.1 Å². The highest BCUT2D eigenvalue weighted by Crippen LogP contribution is 2.44. The monoisotopic (exact) mass is 474 g/mol. The number of anilines is 1. The van der Waals surface area contributed by atoms with E-state index in [-0.39, 0.29) is 16.5 Å². The van der Waals surface area contributed by atoms with Crippen LogP contribution in [0.5, 0.6) is 5.75 Å². The van der Waals surface area contributed by atoms with Gasteiger partial charge in [0.2, 0.25) is 0 Å². The SMILES string of the molecule is COc1ccc(/C(O)=C2\C(=O)C(=O)N(c3nc4ccc(F)cc4s3)[C@H]2c2ccc(C)cc2)cc1. The molecular formula is C26H19FN2O4S. The van der Waals surface area contributed by atoms with Gasteiger partial charge in [-0.2, -0.15) is 0 Å². The molecule has 34 heavy (non-hydrogen) atoms. The van der Waals surface area contributed by atoms with Crippen LogP contribution in [0.2, 0.25) is 0 Å². The number of aliphatic hydroxyl groups excluding tert-OH is 1. The predicted octanol–water partition coefficient (Wildman–Crippen LogP) is 5.38. The van der Waals surface area contributed by atoms with Crippen molar-refractivity contribution in [2.45, 2.75) is 13.0 Å². The molecule has 1 saturated heterocycles. The quantitative estimate of drug-likeness (QED) is 0.244. The molecule has 1 atom stereocenters. The average molecular weight is 475 g/mol. The van der Waals surface area contributed by atoms with Gasteiger partial charge in [-0.25, -0.2) is 9.37 Å². The molecule has 0 radical (unpaired) electrons. The summed E-state index contributed by atoms with van der Waals surface area (Å²) in [5.74, 6) is -1.74. The summed E-state index contributed by atoms with van der Waals surface area (Å²) < 4.78 is 19.5. The highest BCUT2D eigenvalue weighted by atomic mass is 32.1. The molecule has 0 aliphatic carbocycles. The van der Waals surface area contributed by atoms with E-state index >= 15 is 0 Å². The van der Waals surface area contributed by atoms with Gasteiger partial charge < -0.3 is 9.84 Å². The Balaban J connectivity index is 1.71. The van der Waals surface area contributed by atoms with Gasteiger partial charge in [-0.1, -0.05) is 41.2 Å². The first-order valence-corrected chi connectivity index (χ1v) is 11.3. The smallest absolute Gasteiger partial charge is 0.301 e. The third-order valence-corrected chi connectivity index (χ3v) is 6.76. The highest BCUT2D eigenvalue weighted by molar-refractivity contribution is 7.22. The van der Waals surface area contributed by atoms with Gasteiger partial charge in [-0.3, -0.25) is 14.5 Å². The third-order valence-electron chi connectivity index (χ3n) is 5.75. The van der Waals surface area contributed by atoms with Gasteiger partial charge in [0.05, 0.1) is 28.9 Å². The fourth-order valence-electron chi connectivity index (χ4n) is 3.99. The number of carbonyl (C=O) groups excluding carboxylic acids is 2. The standard InChI is InChI=1S/C26H19FN2O4S/c1-14-3-5-15(6-4-14)22-21(23(30)16-7-10-18(33-2)11-8-16)24(31)25(32)29(22)26-28-19-12-9-17(27)13-20(19)34-26/h3-13,22,30H,1-2H3/b23-21+/t22-/m0/s1. The molecule has 5 rings (SSSR count). The molecule has 0 bridgehead atoms. The second-order valence-corrected chi connectivity index (χ2v) is 8.93. The molecule has 4 aromatic rings. The van der Waals surface area contributed by atoms with Crippen LogP contribution in [0, 0.1) is 12.7 Å². The number of ether oxygens (including phenoxy) is 1. The van der Waals surface area contributed by atoms with Crippen molar-refractivity contribution in [3.63, 3.8) is 0 Å². The van der Waals surface area contributed by atoms with Crippen LogP contribution < -0.4 is 9.64 Å². The van der Waals surface area contributed by atoms with E-state index in [2.05, 4.69) is 4.98 Å². The number of rotatable bonds is 4.